The van der Waals surface area contributed by atoms with Gasteiger partial charge < -0.3 is 14.8 Å². The monoisotopic (exact) mass is 369 g/mol. The molecule has 0 radical (unpaired) electrons. The van der Waals surface area contributed by atoms with E-state index < -0.39 is 0 Å². The summed E-state index contributed by atoms with van der Waals surface area (Å²) in [5, 5.41) is 3.92. The molecular formula is C16H17BrClNO2. The van der Waals surface area contributed by atoms with E-state index in [1.165, 1.54) is 0 Å². The molecule has 0 saturated carbocycles. The minimum Gasteiger partial charge on any atom is -0.493 e. The molecule has 0 aliphatic heterocycles. The predicted octanol–water partition coefficient (Wildman–Crippen LogP) is 4.43. The minimum absolute atomic E-state index is 0.0326. The Morgan fingerprint density at radius 3 is 2.33 bits per heavy atom. The number of hydrogen-bond acceptors (Lipinski definition) is 3. The lowest BCUT2D eigenvalue weighted by atomic mass is 9.98. The number of benzene rings is 2. The molecule has 5 heteroatoms. The number of rotatable bonds is 5. The van der Waals surface area contributed by atoms with Crippen molar-refractivity contribution in [3.05, 3.63) is 57.0 Å². The first-order chi connectivity index (χ1) is 10.1. The molecule has 21 heavy (non-hydrogen) atoms. The van der Waals surface area contributed by atoms with Crippen LogP contribution in [0.3, 0.4) is 0 Å². The van der Waals surface area contributed by atoms with E-state index in [2.05, 4.69) is 33.4 Å². The van der Waals surface area contributed by atoms with Crippen LogP contribution in [-0.4, -0.2) is 21.3 Å². The van der Waals surface area contributed by atoms with Crippen LogP contribution in [0, 0.1) is 0 Å². The van der Waals surface area contributed by atoms with Crippen molar-refractivity contribution in [3.8, 4) is 11.5 Å². The Balaban J connectivity index is 2.52. The molecule has 0 bridgehead atoms. The average Bonchev–Trinajstić information content (AvgIpc) is 2.49. The van der Waals surface area contributed by atoms with Crippen LogP contribution in [0.5, 0.6) is 11.5 Å². The molecular weight excluding hydrogens is 354 g/mol. The summed E-state index contributed by atoms with van der Waals surface area (Å²) in [7, 11) is 5.11. The summed E-state index contributed by atoms with van der Waals surface area (Å²) in [6.45, 7) is 0. The number of methoxy groups -OCH3 is 2. The fourth-order valence-corrected chi connectivity index (χ4v) is 2.96. The molecule has 2 rings (SSSR count). The lowest BCUT2D eigenvalue weighted by molar-refractivity contribution is 0.354. The van der Waals surface area contributed by atoms with Gasteiger partial charge in [0.15, 0.2) is 11.5 Å². The van der Waals surface area contributed by atoms with Gasteiger partial charge in [-0.2, -0.15) is 0 Å². The van der Waals surface area contributed by atoms with Crippen LogP contribution in [0.4, 0.5) is 0 Å². The van der Waals surface area contributed by atoms with Gasteiger partial charge in [-0.3, -0.25) is 0 Å². The third-order valence-corrected chi connectivity index (χ3v) is 4.11. The molecule has 0 fully saturated rings. The standard InChI is InChI=1S/C16H17BrClNO2/c1-19-16(10-5-4-6-11(17)7-10)12-8-14(20-2)15(21-3)9-13(12)18/h4-9,16,19H,1-3H3. The summed E-state index contributed by atoms with van der Waals surface area (Å²) < 4.78 is 11.7. The fraction of sp³-hybridized carbons (Fsp3) is 0.250. The van der Waals surface area contributed by atoms with Crippen LogP contribution in [0.2, 0.25) is 5.02 Å². The van der Waals surface area contributed by atoms with Crippen molar-refractivity contribution in [2.75, 3.05) is 21.3 Å². The second-order valence-corrected chi connectivity index (χ2v) is 5.83. The topological polar surface area (TPSA) is 30.5 Å². The van der Waals surface area contributed by atoms with Gasteiger partial charge in [-0.15, -0.1) is 0 Å². The van der Waals surface area contributed by atoms with Crippen molar-refractivity contribution in [2.45, 2.75) is 6.04 Å². The van der Waals surface area contributed by atoms with E-state index in [4.69, 9.17) is 21.1 Å². The van der Waals surface area contributed by atoms with Gasteiger partial charge in [-0.05, 0) is 36.4 Å². The normalized spacial score (nSPS) is 12.0. The fourth-order valence-electron chi connectivity index (χ4n) is 2.28. The Labute approximate surface area is 138 Å². The van der Waals surface area contributed by atoms with E-state index in [-0.39, 0.29) is 6.04 Å². The third-order valence-electron chi connectivity index (χ3n) is 3.28. The molecule has 112 valence electrons. The van der Waals surface area contributed by atoms with E-state index in [0.717, 1.165) is 15.6 Å². The number of halogens is 2. The number of nitrogens with one attached hydrogen (secondary N) is 1. The van der Waals surface area contributed by atoms with E-state index in [0.29, 0.717) is 16.5 Å². The summed E-state index contributed by atoms with van der Waals surface area (Å²) in [4.78, 5) is 0. The minimum atomic E-state index is -0.0326. The van der Waals surface area contributed by atoms with Gasteiger partial charge in [0.25, 0.3) is 0 Å². The molecule has 0 saturated heterocycles. The molecule has 1 N–H and O–H groups in total. The highest BCUT2D eigenvalue weighted by atomic mass is 79.9. The summed E-state index contributed by atoms with van der Waals surface area (Å²) in [5.74, 6) is 1.28. The molecule has 2 aromatic rings. The van der Waals surface area contributed by atoms with Gasteiger partial charge in [0.2, 0.25) is 0 Å². The van der Waals surface area contributed by atoms with Crippen molar-refractivity contribution in [1.82, 2.24) is 5.32 Å². The van der Waals surface area contributed by atoms with Crippen LogP contribution in [0.25, 0.3) is 0 Å². The van der Waals surface area contributed by atoms with Crippen molar-refractivity contribution < 1.29 is 9.47 Å². The van der Waals surface area contributed by atoms with E-state index >= 15 is 0 Å². The maximum Gasteiger partial charge on any atom is 0.162 e. The second-order valence-electron chi connectivity index (χ2n) is 4.51. The van der Waals surface area contributed by atoms with E-state index in [9.17, 15) is 0 Å². The number of ether oxygens (including phenoxy) is 2. The zero-order valence-electron chi connectivity index (χ0n) is 12.1. The highest BCUT2D eigenvalue weighted by Crippen LogP contribution is 2.38. The quantitative estimate of drug-likeness (QED) is 0.844. The zero-order valence-corrected chi connectivity index (χ0v) is 14.5. The first-order valence-electron chi connectivity index (χ1n) is 6.44. The van der Waals surface area contributed by atoms with Crippen LogP contribution >= 0.6 is 27.5 Å². The molecule has 3 nitrogen and oxygen atoms in total. The van der Waals surface area contributed by atoms with Gasteiger partial charge in [0.1, 0.15) is 0 Å². The van der Waals surface area contributed by atoms with Gasteiger partial charge in [-0.1, -0.05) is 39.7 Å². The first kappa shape index (κ1) is 16.1. The summed E-state index contributed by atoms with van der Waals surface area (Å²) in [6, 6.07) is 11.8. The molecule has 0 aromatic heterocycles. The Hall–Kier alpha value is -1.23. The van der Waals surface area contributed by atoms with Crippen molar-refractivity contribution in [2.24, 2.45) is 0 Å². The van der Waals surface area contributed by atoms with Gasteiger partial charge in [-0.25, -0.2) is 0 Å². The van der Waals surface area contributed by atoms with Crippen molar-refractivity contribution >= 4 is 27.5 Å². The van der Waals surface area contributed by atoms with Gasteiger partial charge in [0, 0.05) is 15.6 Å². The number of hydrogen-bond donors (Lipinski definition) is 1. The third kappa shape index (κ3) is 3.51. The Morgan fingerprint density at radius 1 is 1.10 bits per heavy atom. The Morgan fingerprint density at radius 2 is 1.76 bits per heavy atom. The summed E-state index contributed by atoms with van der Waals surface area (Å²) in [5.41, 5.74) is 2.05. The highest BCUT2D eigenvalue weighted by Gasteiger charge is 2.19. The van der Waals surface area contributed by atoms with Gasteiger partial charge in [0.05, 0.1) is 20.3 Å². The van der Waals surface area contributed by atoms with E-state index in [1.54, 1.807) is 20.3 Å². The lowest BCUT2D eigenvalue weighted by Gasteiger charge is -2.20. The lowest BCUT2D eigenvalue weighted by Crippen LogP contribution is -2.18. The van der Waals surface area contributed by atoms with Crippen LogP contribution in [-0.2, 0) is 0 Å². The average molecular weight is 371 g/mol. The molecule has 2 aromatic carbocycles. The molecule has 0 spiro atoms. The molecule has 0 amide bonds. The smallest absolute Gasteiger partial charge is 0.162 e. The second kappa shape index (κ2) is 7.16. The SMILES string of the molecule is CNC(c1cccc(Br)c1)c1cc(OC)c(OC)cc1Cl. The van der Waals surface area contributed by atoms with E-state index in [1.807, 2.05) is 25.2 Å². The molecule has 0 aliphatic rings. The Kier molecular flexibility index (Phi) is 5.51. The molecule has 0 aliphatic carbocycles. The maximum atomic E-state index is 6.41. The highest BCUT2D eigenvalue weighted by molar-refractivity contribution is 9.10. The largest absolute Gasteiger partial charge is 0.493 e. The van der Waals surface area contributed by atoms with Crippen LogP contribution < -0.4 is 14.8 Å². The zero-order chi connectivity index (χ0) is 15.4. The molecule has 1 atom stereocenters. The molecule has 1 unspecified atom stereocenters. The predicted molar refractivity (Wildman–Crippen MR) is 89.6 cm³/mol. The summed E-state index contributed by atoms with van der Waals surface area (Å²) >= 11 is 9.91. The van der Waals surface area contributed by atoms with Gasteiger partial charge >= 0.3 is 0 Å². The van der Waals surface area contributed by atoms with Crippen molar-refractivity contribution in [1.29, 1.82) is 0 Å². The van der Waals surface area contributed by atoms with Crippen LogP contribution in [0.1, 0.15) is 17.2 Å². The maximum absolute atomic E-state index is 6.41. The Bertz CT molecular complexity index is 634. The van der Waals surface area contributed by atoms with Crippen molar-refractivity contribution in [3.63, 3.8) is 0 Å². The summed E-state index contributed by atoms with van der Waals surface area (Å²) in [6.07, 6.45) is 0. The first-order valence-corrected chi connectivity index (χ1v) is 7.62. The van der Waals surface area contributed by atoms with Crippen LogP contribution in [0.15, 0.2) is 40.9 Å². The molecule has 0 heterocycles.